The van der Waals surface area contributed by atoms with E-state index in [9.17, 15) is 4.79 Å². The molecule has 0 spiro atoms. The summed E-state index contributed by atoms with van der Waals surface area (Å²) in [5.41, 5.74) is 7.29. The fourth-order valence-electron chi connectivity index (χ4n) is 1.41. The highest BCUT2D eigenvalue weighted by Gasteiger charge is 2.09. The number of nitrogens with two attached hydrogens (primary N) is 1. The summed E-state index contributed by atoms with van der Waals surface area (Å²) < 4.78 is 0. The van der Waals surface area contributed by atoms with Gasteiger partial charge in [0.15, 0.2) is 5.84 Å². The Morgan fingerprint density at radius 2 is 2.28 bits per heavy atom. The fourth-order valence-corrected chi connectivity index (χ4v) is 2.39. The van der Waals surface area contributed by atoms with E-state index in [0.717, 1.165) is 10.5 Å². The van der Waals surface area contributed by atoms with E-state index in [1.165, 1.54) is 11.8 Å². The molecule has 1 aromatic rings. The summed E-state index contributed by atoms with van der Waals surface area (Å²) in [7, 11) is 0. The number of aryl methyl sites for hydroxylation is 1. The quantitative estimate of drug-likeness (QED) is 0.247. The van der Waals surface area contributed by atoms with Crippen LogP contribution >= 0.6 is 11.8 Å². The number of rotatable bonds is 5. The van der Waals surface area contributed by atoms with Crippen LogP contribution in [-0.4, -0.2) is 29.2 Å². The van der Waals surface area contributed by atoms with Crippen LogP contribution in [0.5, 0.6) is 0 Å². The molecule has 0 bridgehead atoms. The minimum Gasteiger partial charge on any atom is -0.409 e. The van der Waals surface area contributed by atoms with E-state index in [4.69, 9.17) is 10.9 Å². The van der Waals surface area contributed by atoms with Gasteiger partial charge < -0.3 is 16.3 Å². The lowest BCUT2D eigenvalue weighted by molar-refractivity contribution is -0.118. The summed E-state index contributed by atoms with van der Waals surface area (Å²) in [6, 6.07) is 5.57. The Balaban J connectivity index is 2.86. The Morgan fingerprint density at radius 1 is 1.56 bits per heavy atom. The first-order valence-electron chi connectivity index (χ1n) is 5.56. The molecule has 18 heavy (non-hydrogen) atoms. The summed E-state index contributed by atoms with van der Waals surface area (Å²) >= 11 is 1.37. The van der Waals surface area contributed by atoms with Gasteiger partial charge in [0.05, 0.1) is 5.75 Å². The van der Waals surface area contributed by atoms with E-state index in [-0.39, 0.29) is 11.7 Å². The average molecular weight is 267 g/mol. The van der Waals surface area contributed by atoms with Crippen LogP contribution in [0.1, 0.15) is 18.1 Å². The van der Waals surface area contributed by atoms with E-state index >= 15 is 0 Å². The molecular weight excluding hydrogens is 250 g/mol. The Morgan fingerprint density at radius 3 is 2.89 bits per heavy atom. The van der Waals surface area contributed by atoms with Crippen molar-refractivity contribution in [2.45, 2.75) is 18.7 Å². The molecule has 0 atom stereocenters. The van der Waals surface area contributed by atoms with Crippen LogP contribution < -0.4 is 11.1 Å². The molecule has 5 nitrogen and oxygen atoms in total. The Kier molecular flexibility index (Phi) is 5.51. The van der Waals surface area contributed by atoms with Gasteiger partial charge in [0.2, 0.25) is 5.91 Å². The lowest BCUT2D eigenvalue weighted by atomic mass is 10.1. The molecule has 0 heterocycles. The minimum absolute atomic E-state index is 0.0329. The highest BCUT2D eigenvalue weighted by molar-refractivity contribution is 8.00. The molecular formula is C12H17N3O2S. The second-order valence-corrected chi connectivity index (χ2v) is 4.74. The first-order valence-corrected chi connectivity index (χ1v) is 6.55. The van der Waals surface area contributed by atoms with Crippen LogP contribution in [0.4, 0.5) is 0 Å². The molecule has 0 aliphatic rings. The van der Waals surface area contributed by atoms with E-state index in [0.29, 0.717) is 17.9 Å². The van der Waals surface area contributed by atoms with Crippen molar-refractivity contribution in [1.82, 2.24) is 5.32 Å². The van der Waals surface area contributed by atoms with Crippen LogP contribution in [-0.2, 0) is 4.79 Å². The van der Waals surface area contributed by atoms with Gasteiger partial charge >= 0.3 is 0 Å². The van der Waals surface area contributed by atoms with Gasteiger partial charge in [0.25, 0.3) is 0 Å². The van der Waals surface area contributed by atoms with Crippen LogP contribution in [0.25, 0.3) is 0 Å². The maximum Gasteiger partial charge on any atom is 0.230 e. The Hall–Kier alpha value is -1.69. The molecule has 4 N–H and O–H groups in total. The number of amidine groups is 1. The molecule has 0 saturated heterocycles. The molecule has 98 valence electrons. The third-order valence-corrected chi connectivity index (χ3v) is 3.31. The number of benzene rings is 1. The third kappa shape index (κ3) is 3.96. The normalized spacial score (nSPS) is 11.3. The summed E-state index contributed by atoms with van der Waals surface area (Å²) in [5, 5.41) is 14.4. The number of carbonyl (C=O) groups is 1. The lowest BCUT2D eigenvalue weighted by Gasteiger charge is -2.09. The van der Waals surface area contributed by atoms with Crippen LogP contribution in [0.3, 0.4) is 0 Å². The average Bonchev–Trinajstić information content (AvgIpc) is 2.36. The third-order valence-electron chi connectivity index (χ3n) is 2.25. The van der Waals surface area contributed by atoms with Gasteiger partial charge in [-0.2, -0.15) is 0 Å². The lowest BCUT2D eigenvalue weighted by Crippen LogP contribution is -2.24. The maximum atomic E-state index is 11.4. The predicted octanol–water partition coefficient (Wildman–Crippen LogP) is 1.32. The summed E-state index contributed by atoms with van der Waals surface area (Å²) in [6.07, 6.45) is 0. The SMILES string of the molecule is CCNC(=O)CSc1cc(C)ccc1/C(N)=N/O. The van der Waals surface area contributed by atoms with Crippen molar-refractivity contribution in [3.8, 4) is 0 Å². The van der Waals surface area contributed by atoms with E-state index in [2.05, 4.69) is 10.5 Å². The number of hydrogen-bond acceptors (Lipinski definition) is 4. The standard InChI is InChI=1S/C12H17N3O2S/c1-3-14-11(16)7-18-10-6-8(2)4-5-9(10)12(13)15-17/h4-6,17H,3,7H2,1-2H3,(H2,13,15)(H,14,16). The zero-order valence-corrected chi connectivity index (χ0v) is 11.3. The van der Waals surface area contributed by atoms with Gasteiger partial charge in [-0.05, 0) is 31.5 Å². The van der Waals surface area contributed by atoms with Crippen molar-refractivity contribution in [3.05, 3.63) is 29.3 Å². The molecule has 1 rings (SSSR count). The Labute approximate surface area is 110 Å². The van der Waals surface area contributed by atoms with Crippen molar-refractivity contribution in [2.24, 2.45) is 10.9 Å². The molecule has 0 aliphatic carbocycles. The molecule has 0 aromatic heterocycles. The highest BCUT2D eigenvalue weighted by Crippen LogP contribution is 2.24. The van der Waals surface area contributed by atoms with Crippen LogP contribution in [0.2, 0.25) is 0 Å². The molecule has 0 aliphatic heterocycles. The molecule has 0 saturated carbocycles. The van der Waals surface area contributed by atoms with Gasteiger partial charge in [-0.3, -0.25) is 4.79 Å². The number of thioether (sulfide) groups is 1. The van der Waals surface area contributed by atoms with Gasteiger partial charge in [-0.1, -0.05) is 11.2 Å². The number of hydrogen-bond donors (Lipinski definition) is 3. The smallest absolute Gasteiger partial charge is 0.230 e. The zero-order valence-electron chi connectivity index (χ0n) is 10.4. The summed E-state index contributed by atoms with van der Waals surface area (Å²) in [6.45, 7) is 4.43. The molecule has 0 unspecified atom stereocenters. The van der Waals surface area contributed by atoms with Crippen LogP contribution in [0, 0.1) is 6.92 Å². The molecule has 1 aromatic carbocycles. The van der Waals surface area contributed by atoms with Crippen molar-refractivity contribution in [1.29, 1.82) is 0 Å². The van der Waals surface area contributed by atoms with Gasteiger partial charge in [0.1, 0.15) is 0 Å². The topological polar surface area (TPSA) is 87.7 Å². The molecule has 0 radical (unpaired) electrons. The first-order chi connectivity index (χ1) is 8.58. The second kappa shape index (κ2) is 6.90. The number of nitrogens with one attached hydrogen (secondary N) is 1. The van der Waals surface area contributed by atoms with Gasteiger partial charge in [-0.15, -0.1) is 11.8 Å². The first kappa shape index (κ1) is 14.4. The number of oxime groups is 1. The van der Waals surface area contributed by atoms with Crippen molar-refractivity contribution in [3.63, 3.8) is 0 Å². The fraction of sp³-hybridized carbons (Fsp3) is 0.333. The van der Waals surface area contributed by atoms with Gasteiger partial charge in [0, 0.05) is 17.0 Å². The number of amides is 1. The second-order valence-electron chi connectivity index (χ2n) is 3.73. The van der Waals surface area contributed by atoms with Crippen molar-refractivity contribution >= 4 is 23.5 Å². The van der Waals surface area contributed by atoms with Crippen LogP contribution in [0.15, 0.2) is 28.3 Å². The number of nitrogens with zero attached hydrogens (tertiary/aromatic N) is 1. The molecule has 1 amide bonds. The largest absolute Gasteiger partial charge is 0.409 e. The molecule has 6 heteroatoms. The zero-order chi connectivity index (χ0) is 13.5. The van der Waals surface area contributed by atoms with Crippen molar-refractivity contribution in [2.75, 3.05) is 12.3 Å². The maximum absolute atomic E-state index is 11.4. The highest BCUT2D eigenvalue weighted by atomic mass is 32.2. The van der Waals surface area contributed by atoms with E-state index < -0.39 is 0 Å². The predicted molar refractivity (Wildman–Crippen MR) is 73.1 cm³/mol. The minimum atomic E-state index is -0.0329. The van der Waals surface area contributed by atoms with E-state index in [1.54, 1.807) is 6.07 Å². The van der Waals surface area contributed by atoms with Crippen molar-refractivity contribution < 1.29 is 10.0 Å². The monoisotopic (exact) mass is 267 g/mol. The molecule has 0 fully saturated rings. The summed E-state index contributed by atoms with van der Waals surface area (Å²) in [5.74, 6) is 0.325. The number of carbonyl (C=O) groups excluding carboxylic acids is 1. The van der Waals surface area contributed by atoms with Gasteiger partial charge in [-0.25, -0.2) is 0 Å². The Bertz CT molecular complexity index is 461. The summed E-state index contributed by atoms with van der Waals surface area (Å²) in [4.78, 5) is 12.2. The van der Waals surface area contributed by atoms with E-state index in [1.807, 2.05) is 26.0 Å².